The predicted octanol–water partition coefficient (Wildman–Crippen LogP) is 6.19. The highest BCUT2D eigenvalue weighted by molar-refractivity contribution is 7.92. The van der Waals surface area contributed by atoms with E-state index < -0.39 is 34.3 Å². The van der Waals surface area contributed by atoms with Crippen LogP contribution in [0.4, 0.5) is 10.1 Å². The lowest BCUT2D eigenvalue weighted by atomic mass is 9.95. The lowest BCUT2D eigenvalue weighted by molar-refractivity contribution is -0.139. The van der Waals surface area contributed by atoms with Crippen molar-refractivity contribution in [2.24, 2.45) is 0 Å². The van der Waals surface area contributed by atoms with Crippen LogP contribution in [0.1, 0.15) is 44.6 Å². The van der Waals surface area contributed by atoms with Gasteiger partial charge in [-0.25, -0.2) is 12.8 Å². The van der Waals surface area contributed by atoms with Crippen molar-refractivity contribution in [3.63, 3.8) is 0 Å². The van der Waals surface area contributed by atoms with Gasteiger partial charge in [0.05, 0.1) is 10.6 Å². The van der Waals surface area contributed by atoms with Gasteiger partial charge in [-0.1, -0.05) is 78.9 Å². The fourth-order valence-electron chi connectivity index (χ4n) is 4.87. The molecule has 1 aliphatic carbocycles. The van der Waals surface area contributed by atoms with Crippen LogP contribution in [0, 0.1) is 5.82 Å². The van der Waals surface area contributed by atoms with Crippen molar-refractivity contribution in [2.75, 3.05) is 10.8 Å². The van der Waals surface area contributed by atoms with E-state index in [1.807, 2.05) is 0 Å². The van der Waals surface area contributed by atoms with Gasteiger partial charge in [0.15, 0.2) is 0 Å². The highest BCUT2D eigenvalue weighted by atomic mass is 35.5. The lowest BCUT2D eigenvalue weighted by Crippen LogP contribution is -2.53. The van der Waals surface area contributed by atoms with Crippen LogP contribution in [-0.4, -0.2) is 43.8 Å². The maximum atomic E-state index is 15.0. The second kappa shape index (κ2) is 13.7. The first-order valence-corrected chi connectivity index (χ1v) is 15.6. The minimum Gasteiger partial charge on any atom is -0.352 e. The van der Waals surface area contributed by atoms with Crippen LogP contribution in [-0.2, 0) is 26.2 Å². The first kappa shape index (κ1) is 30.8. The molecular weight excluding hydrogens is 588 g/mol. The average molecular weight is 621 g/mol. The maximum absolute atomic E-state index is 15.0. The normalized spacial score (nSPS) is 14.7. The number of carbonyl (C=O) groups excluding carboxylic acids is 2. The van der Waals surface area contributed by atoms with Crippen molar-refractivity contribution in [3.05, 3.63) is 94.2 Å². The summed E-state index contributed by atoms with van der Waals surface area (Å²) in [4.78, 5) is 28.5. The van der Waals surface area contributed by atoms with Gasteiger partial charge in [-0.15, -0.1) is 0 Å². The van der Waals surface area contributed by atoms with Gasteiger partial charge in [-0.05, 0) is 61.7 Å². The largest absolute Gasteiger partial charge is 0.352 e. The van der Waals surface area contributed by atoms with E-state index in [1.54, 1.807) is 37.3 Å². The van der Waals surface area contributed by atoms with Crippen molar-refractivity contribution >= 4 is 50.7 Å². The number of nitrogens with zero attached hydrogens (tertiary/aromatic N) is 2. The topological polar surface area (TPSA) is 86.8 Å². The number of para-hydroxylation sites is 1. The standard InChI is InChI=1S/C30H32Cl2FN3O4S/c1-21(30(38)34-24-10-4-2-5-11-24)35(19-22-16-17-23(31)18-26(22)32)29(37)20-36(28-15-9-8-14-27(28)33)41(39,40)25-12-6-3-7-13-25/h3,6-9,12-18,21,24H,2,4-5,10-11,19-20H2,1H3,(H,34,38)/t21-/m0/s1. The third kappa shape index (κ3) is 7.58. The molecule has 0 heterocycles. The SMILES string of the molecule is C[C@@H](C(=O)NC1CCCCC1)N(Cc1ccc(Cl)cc1Cl)C(=O)CN(c1ccccc1F)S(=O)(=O)c1ccccc1. The summed E-state index contributed by atoms with van der Waals surface area (Å²) < 4.78 is 43.2. The summed E-state index contributed by atoms with van der Waals surface area (Å²) in [6, 6.07) is 16.6. The Morgan fingerprint density at radius 2 is 1.63 bits per heavy atom. The van der Waals surface area contributed by atoms with Crippen LogP contribution in [0.5, 0.6) is 0 Å². The number of halogens is 3. The van der Waals surface area contributed by atoms with E-state index in [-0.39, 0.29) is 34.1 Å². The lowest BCUT2D eigenvalue weighted by Gasteiger charge is -2.33. The van der Waals surface area contributed by atoms with Crippen molar-refractivity contribution in [1.29, 1.82) is 0 Å². The molecule has 0 saturated heterocycles. The van der Waals surface area contributed by atoms with E-state index >= 15 is 0 Å². The predicted molar refractivity (Wildman–Crippen MR) is 159 cm³/mol. The number of nitrogens with one attached hydrogen (secondary N) is 1. The number of carbonyl (C=O) groups is 2. The molecule has 41 heavy (non-hydrogen) atoms. The summed E-state index contributed by atoms with van der Waals surface area (Å²) >= 11 is 12.5. The molecule has 1 fully saturated rings. The van der Waals surface area contributed by atoms with Crippen LogP contribution >= 0.6 is 23.2 Å². The molecule has 218 valence electrons. The molecule has 0 bridgehead atoms. The Morgan fingerprint density at radius 3 is 2.29 bits per heavy atom. The van der Waals surface area contributed by atoms with E-state index in [9.17, 15) is 22.4 Å². The van der Waals surface area contributed by atoms with E-state index in [1.165, 1.54) is 41.3 Å². The van der Waals surface area contributed by atoms with Gasteiger partial charge in [0, 0.05) is 22.6 Å². The monoisotopic (exact) mass is 619 g/mol. The Balaban J connectivity index is 1.69. The summed E-state index contributed by atoms with van der Waals surface area (Å²) in [7, 11) is -4.36. The first-order valence-electron chi connectivity index (χ1n) is 13.4. The Hall–Kier alpha value is -3.14. The number of hydrogen-bond acceptors (Lipinski definition) is 4. The fraction of sp³-hybridized carbons (Fsp3) is 0.333. The number of rotatable bonds is 10. The van der Waals surface area contributed by atoms with Gasteiger partial charge in [-0.2, -0.15) is 0 Å². The summed E-state index contributed by atoms with van der Waals surface area (Å²) in [5, 5.41) is 3.73. The smallest absolute Gasteiger partial charge is 0.264 e. The van der Waals surface area contributed by atoms with Gasteiger partial charge >= 0.3 is 0 Å². The van der Waals surface area contributed by atoms with E-state index in [4.69, 9.17) is 23.2 Å². The van der Waals surface area contributed by atoms with Crippen LogP contribution in [0.2, 0.25) is 10.0 Å². The number of benzene rings is 3. The molecule has 3 aromatic rings. The highest BCUT2D eigenvalue weighted by Crippen LogP contribution is 2.28. The van der Waals surface area contributed by atoms with Gasteiger partial charge in [0.2, 0.25) is 11.8 Å². The van der Waals surface area contributed by atoms with Crippen LogP contribution < -0.4 is 9.62 Å². The third-order valence-electron chi connectivity index (χ3n) is 7.21. The van der Waals surface area contributed by atoms with Crippen molar-refractivity contribution in [2.45, 2.75) is 62.6 Å². The molecule has 7 nitrogen and oxygen atoms in total. The second-order valence-corrected chi connectivity index (χ2v) is 12.8. The Morgan fingerprint density at radius 1 is 0.976 bits per heavy atom. The molecule has 1 N–H and O–H groups in total. The zero-order valence-corrected chi connectivity index (χ0v) is 24.9. The molecule has 2 amide bonds. The molecule has 0 aliphatic heterocycles. The fourth-order valence-corrected chi connectivity index (χ4v) is 6.78. The highest BCUT2D eigenvalue weighted by Gasteiger charge is 2.34. The van der Waals surface area contributed by atoms with E-state index in [0.29, 0.717) is 10.6 Å². The zero-order chi connectivity index (χ0) is 29.6. The number of hydrogen-bond donors (Lipinski definition) is 1. The number of anilines is 1. The van der Waals surface area contributed by atoms with Crippen molar-refractivity contribution < 1.29 is 22.4 Å². The molecular formula is C30H32Cl2FN3O4S. The summed E-state index contributed by atoms with van der Waals surface area (Å²) in [6.45, 7) is 0.744. The van der Waals surface area contributed by atoms with Gasteiger partial charge in [-0.3, -0.25) is 13.9 Å². The van der Waals surface area contributed by atoms with Crippen LogP contribution in [0.25, 0.3) is 0 Å². The molecule has 0 unspecified atom stereocenters. The summed E-state index contributed by atoms with van der Waals surface area (Å²) in [5.41, 5.74) is 0.235. The number of amides is 2. The molecule has 11 heteroatoms. The molecule has 3 aromatic carbocycles. The van der Waals surface area contributed by atoms with Crippen molar-refractivity contribution in [1.82, 2.24) is 10.2 Å². The minimum absolute atomic E-state index is 0.00291. The second-order valence-electron chi connectivity index (χ2n) is 10.1. The summed E-state index contributed by atoms with van der Waals surface area (Å²) in [6.07, 6.45) is 4.84. The quantitative estimate of drug-likeness (QED) is 0.293. The van der Waals surface area contributed by atoms with Gasteiger partial charge < -0.3 is 10.2 Å². The third-order valence-corrected chi connectivity index (χ3v) is 9.57. The van der Waals surface area contributed by atoms with Crippen LogP contribution in [0.15, 0.2) is 77.7 Å². The van der Waals surface area contributed by atoms with Gasteiger partial charge in [0.1, 0.15) is 18.4 Å². The minimum atomic E-state index is -4.36. The molecule has 0 spiro atoms. The summed E-state index contributed by atoms with van der Waals surface area (Å²) in [5.74, 6) is -1.88. The van der Waals surface area contributed by atoms with Gasteiger partial charge in [0.25, 0.3) is 10.0 Å². The Bertz CT molecular complexity index is 1480. The maximum Gasteiger partial charge on any atom is 0.264 e. The van der Waals surface area contributed by atoms with Crippen molar-refractivity contribution in [3.8, 4) is 0 Å². The molecule has 4 rings (SSSR count). The molecule has 0 radical (unpaired) electrons. The number of sulfonamides is 1. The van der Waals surface area contributed by atoms with E-state index in [2.05, 4.69) is 5.32 Å². The van der Waals surface area contributed by atoms with Crippen LogP contribution in [0.3, 0.4) is 0 Å². The van der Waals surface area contributed by atoms with E-state index in [0.717, 1.165) is 42.5 Å². The molecule has 0 aromatic heterocycles. The Kier molecular flexibility index (Phi) is 10.3. The zero-order valence-electron chi connectivity index (χ0n) is 22.6. The Labute approximate surface area is 250 Å². The first-order chi connectivity index (χ1) is 19.6. The molecule has 1 saturated carbocycles. The average Bonchev–Trinajstić information content (AvgIpc) is 2.96. The molecule has 1 aliphatic rings. The molecule has 1 atom stereocenters.